The predicted molar refractivity (Wildman–Crippen MR) is 54.0 cm³/mol. The van der Waals surface area contributed by atoms with Crippen LogP contribution in [0.3, 0.4) is 0 Å². The summed E-state index contributed by atoms with van der Waals surface area (Å²) < 4.78 is 39.9. The van der Waals surface area contributed by atoms with Crippen molar-refractivity contribution in [2.24, 2.45) is 0 Å². The van der Waals surface area contributed by atoms with Crippen molar-refractivity contribution in [1.82, 2.24) is 0 Å². The van der Waals surface area contributed by atoms with Gasteiger partial charge < -0.3 is 9.84 Å². The Kier molecular flexibility index (Phi) is 4.80. The zero-order valence-corrected chi connectivity index (χ0v) is 8.99. The van der Waals surface area contributed by atoms with Crippen LogP contribution in [-0.2, 0) is 11.3 Å². The van der Waals surface area contributed by atoms with Gasteiger partial charge in [-0.15, -0.1) is 11.3 Å². The normalized spacial score (nSPS) is 11.0. The maximum Gasteiger partial charge on any atom is 0.411 e. The first-order chi connectivity index (χ1) is 7.53. The Morgan fingerprint density at radius 1 is 1.44 bits per heavy atom. The molecule has 0 aliphatic heterocycles. The molecule has 0 aliphatic carbocycles. The number of hydrogen-bond donors (Lipinski definition) is 1. The number of rotatable bonds is 3. The molecule has 0 spiro atoms. The molecule has 0 saturated heterocycles. The number of alkyl halides is 3. The molecule has 0 bridgehead atoms. The standard InChI is InChI=1S/C10H9F3O2S/c11-10(12,13)7-15-6-9-8(2-1-4-14)3-5-16-9/h3,5,14H,4,6-7H2. The van der Waals surface area contributed by atoms with Crippen LogP contribution in [0.2, 0.25) is 0 Å². The predicted octanol–water partition coefficient (Wildman–Crippen LogP) is 2.17. The number of halogens is 3. The first-order valence-electron chi connectivity index (χ1n) is 4.33. The third-order valence-corrected chi connectivity index (χ3v) is 2.44. The molecule has 0 aliphatic rings. The molecule has 0 unspecified atom stereocenters. The van der Waals surface area contributed by atoms with Gasteiger partial charge in [-0.05, 0) is 11.4 Å². The van der Waals surface area contributed by atoms with Gasteiger partial charge in [0.1, 0.15) is 13.2 Å². The summed E-state index contributed by atoms with van der Waals surface area (Å²) in [7, 11) is 0. The summed E-state index contributed by atoms with van der Waals surface area (Å²) in [6, 6.07) is 1.68. The van der Waals surface area contributed by atoms with Crippen molar-refractivity contribution in [1.29, 1.82) is 0 Å². The van der Waals surface area contributed by atoms with Gasteiger partial charge in [0.15, 0.2) is 0 Å². The van der Waals surface area contributed by atoms with Gasteiger partial charge in [0, 0.05) is 10.4 Å². The van der Waals surface area contributed by atoms with E-state index in [1.165, 1.54) is 11.3 Å². The Hall–Kier alpha value is -1.03. The van der Waals surface area contributed by atoms with Gasteiger partial charge >= 0.3 is 6.18 Å². The molecule has 2 nitrogen and oxygen atoms in total. The zero-order chi connectivity index (χ0) is 12.0. The van der Waals surface area contributed by atoms with Crippen LogP contribution in [0.15, 0.2) is 11.4 Å². The maximum atomic E-state index is 11.8. The minimum Gasteiger partial charge on any atom is -0.384 e. The van der Waals surface area contributed by atoms with Crippen LogP contribution in [0.25, 0.3) is 0 Å². The molecule has 6 heteroatoms. The quantitative estimate of drug-likeness (QED) is 0.833. The molecule has 88 valence electrons. The average molecular weight is 250 g/mol. The molecule has 1 aromatic rings. The minimum atomic E-state index is -4.31. The molecule has 0 amide bonds. The van der Waals surface area contributed by atoms with Crippen LogP contribution in [0.1, 0.15) is 10.4 Å². The lowest BCUT2D eigenvalue weighted by molar-refractivity contribution is -0.176. The summed E-state index contributed by atoms with van der Waals surface area (Å²) in [5, 5.41) is 10.2. The summed E-state index contributed by atoms with van der Waals surface area (Å²) in [4.78, 5) is 0.630. The summed E-state index contributed by atoms with van der Waals surface area (Å²) in [6.07, 6.45) is -4.31. The van der Waals surface area contributed by atoms with E-state index in [0.717, 1.165) is 0 Å². The Balaban J connectivity index is 2.51. The lowest BCUT2D eigenvalue weighted by atomic mass is 10.2. The summed E-state index contributed by atoms with van der Waals surface area (Å²) in [6.45, 7) is -1.66. The topological polar surface area (TPSA) is 29.5 Å². The molecule has 16 heavy (non-hydrogen) atoms. The monoisotopic (exact) mass is 250 g/mol. The van der Waals surface area contributed by atoms with Crippen LogP contribution in [0.5, 0.6) is 0 Å². The van der Waals surface area contributed by atoms with Crippen LogP contribution >= 0.6 is 11.3 Å². The van der Waals surface area contributed by atoms with Gasteiger partial charge in [0.2, 0.25) is 0 Å². The second-order valence-electron chi connectivity index (χ2n) is 2.83. The minimum absolute atomic E-state index is 0.118. The van der Waals surface area contributed by atoms with E-state index >= 15 is 0 Å². The molecule has 1 heterocycles. The fourth-order valence-electron chi connectivity index (χ4n) is 0.958. The fourth-order valence-corrected chi connectivity index (χ4v) is 1.72. The van der Waals surface area contributed by atoms with Crippen molar-refractivity contribution in [2.45, 2.75) is 12.8 Å². The van der Waals surface area contributed by atoms with Crippen LogP contribution in [0, 0.1) is 11.8 Å². The zero-order valence-electron chi connectivity index (χ0n) is 8.17. The van der Waals surface area contributed by atoms with E-state index in [9.17, 15) is 13.2 Å². The van der Waals surface area contributed by atoms with Crippen LogP contribution in [-0.4, -0.2) is 24.5 Å². The van der Waals surface area contributed by atoms with Crippen molar-refractivity contribution in [3.8, 4) is 11.8 Å². The molecule has 0 radical (unpaired) electrons. The maximum absolute atomic E-state index is 11.8. The molecule has 1 rings (SSSR count). The van der Waals surface area contributed by atoms with E-state index in [1.807, 2.05) is 0 Å². The van der Waals surface area contributed by atoms with Crippen molar-refractivity contribution in [2.75, 3.05) is 13.2 Å². The van der Waals surface area contributed by atoms with E-state index in [1.54, 1.807) is 11.4 Å². The van der Waals surface area contributed by atoms with E-state index in [0.29, 0.717) is 10.4 Å². The fraction of sp³-hybridized carbons (Fsp3) is 0.400. The Bertz CT molecular complexity index is 387. The largest absolute Gasteiger partial charge is 0.411 e. The van der Waals surface area contributed by atoms with Gasteiger partial charge in [-0.3, -0.25) is 0 Å². The van der Waals surface area contributed by atoms with Crippen molar-refractivity contribution < 1.29 is 23.0 Å². The van der Waals surface area contributed by atoms with E-state index < -0.39 is 12.8 Å². The highest BCUT2D eigenvalue weighted by atomic mass is 32.1. The van der Waals surface area contributed by atoms with Crippen LogP contribution in [0.4, 0.5) is 13.2 Å². The third-order valence-electron chi connectivity index (χ3n) is 1.55. The van der Waals surface area contributed by atoms with Gasteiger partial charge in [-0.25, -0.2) is 0 Å². The van der Waals surface area contributed by atoms with Gasteiger partial charge in [0.05, 0.1) is 6.61 Å². The van der Waals surface area contributed by atoms with Crippen molar-refractivity contribution in [3.05, 3.63) is 21.9 Å². The lowest BCUT2D eigenvalue weighted by Crippen LogP contribution is -2.16. The molecular formula is C10H9F3O2S. The van der Waals surface area contributed by atoms with E-state index in [4.69, 9.17) is 5.11 Å². The second kappa shape index (κ2) is 5.89. The highest BCUT2D eigenvalue weighted by Crippen LogP contribution is 2.19. The van der Waals surface area contributed by atoms with E-state index in [2.05, 4.69) is 16.6 Å². The number of hydrogen-bond acceptors (Lipinski definition) is 3. The van der Waals surface area contributed by atoms with Crippen LogP contribution < -0.4 is 0 Å². The first kappa shape index (κ1) is 13.0. The second-order valence-corrected chi connectivity index (χ2v) is 3.83. The smallest absolute Gasteiger partial charge is 0.384 e. The van der Waals surface area contributed by atoms with Crippen molar-refractivity contribution in [3.63, 3.8) is 0 Å². The molecule has 0 saturated carbocycles. The lowest BCUT2D eigenvalue weighted by Gasteiger charge is -2.06. The first-order valence-corrected chi connectivity index (χ1v) is 5.21. The summed E-state index contributed by atoms with van der Waals surface area (Å²) in [5.74, 6) is 5.07. The van der Waals surface area contributed by atoms with Gasteiger partial charge in [-0.1, -0.05) is 11.8 Å². The molecule has 0 aromatic carbocycles. The highest BCUT2D eigenvalue weighted by Gasteiger charge is 2.27. The third kappa shape index (κ3) is 4.66. The number of aliphatic hydroxyl groups excluding tert-OH is 1. The van der Waals surface area contributed by atoms with E-state index in [-0.39, 0.29) is 13.2 Å². The molecule has 1 N–H and O–H groups in total. The Morgan fingerprint density at radius 2 is 2.19 bits per heavy atom. The average Bonchev–Trinajstić information content (AvgIpc) is 2.60. The molecular weight excluding hydrogens is 241 g/mol. The Labute approximate surface area is 94.7 Å². The molecule has 1 aromatic heterocycles. The van der Waals surface area contributed by atoms with Gasteiger partial charge in [0.25, 0.3) is 0 Å². The molecule has 0 atom stereocenters. The van der Waals surface area contributed by atoms with Crippen molar-refractivity contribution >= 4 is 11.3 Å². The SMILES string of the molecule is OCC#Cc1ccsc1COCC(F)(F)F. The summed E-state index contributed by atoms with van der Waals surface area (Å²) in [5.41, 5.74) is 0.598. The molecule has 0 fully saturated rings. The summed E-state index contributed by atoms with van der Waals surface area (Å²) >= 11 is 1.27. The number of ether oxygens (including phenoxy) is 1. The number of thiophene rings is 1. The number of aliphatic hydroxyl groups is 1. The Morgan fingerprint density at radius 3 is 2.81 bits per heavy atom. The van der Waals surface area contributed by atoms with Gasteiger partial charge in [-0.2, -0.15) is 13.2 Å². The highest BCUT2D eigenvalue weighted by molar-refractivity contribution is 7.10.